The Labute approximate surface area is 214 Å². The Kier molecular flexibility index (Phi) is 11.8. The molecule has 0 spiro atoms. The van der Waals surface area contributed by atoms with Crippen LogP contribution in [-0.2, 0) is 28.6 Å². The van der Waals surface area contributed by atoms with Crippen molar-refractivity contribution in [2.45, 2.75) is 26.2 Å². The summed E-state index contributed by atoms with van der Waals surface area (Å²) in [6.07, 6.45) is 0.557. The van der Waals surface area contributed by atoms with Crippen molar-refractivity contribution in [1.29, 1.82) is 0 Å². The number of nitrogens with one attached hydrogen (secondary N) is 1. The van der Waals surface area contributed by atoms with Crippen LogP contribution < -0.4 is 10.1 Å². The van der Waals surface area contributed by atoms with E-state index in [1.807, 2.05) is 24.3 Å². The molecule has 2 aromatic rings. The fraction of sp³-hybridized carbons (Fsp3) is 0.542. The zero-order valence-corrected chi connectivity index (χ0v) is 20.9. The van der Waals surface area contributed by atoms with Gasteiger partial charge in [-0.2, -0.15) is 0 Å². The highest BCUT2D eigenvalue weighted by Gasteiger charge is 2.28. The normalized spacial score (nSPS) is 13.3. The Morgan fingerprint density at radius 2 is 1.41 bits per heavy atom. The number of aromatic nitrogens is 4. The van der Waals surface area contributed by atoms with Crippen molar-refractivity contribution in [1.82, 2.24) is 30.6 Å². The van der Waals surface area contributed by atoms with Crippen LogP contribution in [0, 0.1) is 6.92 Å². The maximum absolute atomic E-state index is 11.8. The van der Waals surface area contributed by atoms with Gasteiger partial charge in [0.2, 0.25) is 23.5 Å². The molecule has 37 heavy (non-hydrogen) atoms. The van der Waals surface area contributed by atoms with Gasteiger partial charge in [-0.25, -0.2) is 0 Å². The lowest BCUT2D eigenvalue weighted by Crippen LogP contribution is -2.35. The second kappa shape index (κ2) is 15.5. The van der Waals surface area contributed by atoms with Gasteiger partial charge in [-0.15, -0.1) is 20.4 Å². The first kappa shape index (κ1) is 28.0. The van der Waals surface area contributed by atoms with E-state index in [2.05, 4.69) is 25.7 Å². The first-order valence-electron chi connectivity index (χ1n) is 12.1. The lowest BCUT2D eigenvalue weighted by atomic mass is 10.2. The van der Waals surface area contributed by atoms with E-state index >= 15 is 0 Å². The van der Waals surface area contributed by atoms with Gasteiger partial charge in [0.05, 0.1) is 39.6 Å². The van der Waals surface area contributed by atoms with Crippen molar-refractivity contribution in [3.63, 3.8) is 0 Å². The molecule has 1 fully saturated rings. The zero-order chi connectivity index (χ0) is 26.3. The quantitative estimate of drug-likeness (QED) is 0.228. The van der Waals surface area contributed by atoms with E-state index in [-0.39, 0.29) is 43.5 Å². The van der Waals surface area contributed by atoms with Gasteiger partial charge in [0.15, 0.2) is 5.82 Å². The maximum Gasteiger partial charge on any atom is 0.229 e. The fourth-order valence-corrected chi connectivity index (χ4v) is 3.29. The van der Waals surface area contributed by atoms with Gasteiger partial charge in [0.1, 0.15) is 12.4 Å². The minimum Gasteiger partial charge on any atom is -0.491 e. The van der Waals surface area contributed by atoms with E-state index in [1.54, 1.807) is 6.92 Å². The number of imide groups is 1. The molecule has 0 atom stereocenters. The predicted molar refractivity (Wildman–Crippen MR) is 129 cm³/mol. The van der Waals surface area contributed by atoms with Crippen LogP contribution in [0.1, 0.15) is 25.1 Å². The summed E-state index contributed by atoms with van der Waals surface area (Å²) >= 11 is 0. The third kappa shape index (κ3) is 10.1. The van der Waals surface area contributed by atoms with Crippen LogP contribution in [0.2, 0.25) is 0 Å². The molecule has 1 N–H and O–H groups in total. The number of aryl methyl sites for hydroxylation is 1. The van der Waals surface area contributed by atoms with Crippen molar-refractivity contribution >= 4 is 17.7 Å². The molecule has 3 rings (SSSR count). The number of hydrogen-bond donors (Lipinski definition) is 1. The summed E-state index contributed by atoms with van der Waals surface area (Å²) in [4.78, 5) is 35.9. The van der Waals surface area contributed by atoms with Gasteiger partial charge in [0, 0.05) is 37.9 Å². The fourth-order valence-electron chi connectivity index (χ4n) is 3.29. The van der Waals surface area contributed by atoms with Crippen molar-refractivity contribution in [2.24, 2.45) is 0 Å². The standard InChI is InChI=1S/C24H32N6O7/c1-18-26-28-24(29-27-18)19-2-4-20(5-3-19)37-17-16-36-15-14-35-13-12-34-11-9-25-21(31)8-10-30-22(32)6-7-23(30)33/h2-5H,6-17H2,1H3,(H,25,31). The summed E-state index contributed by atoms with van der Waals surface area (Å²) < 4.78 is 22.0. The molecule has 0 bridgehead atoms. The van der Waals surface area contributed by atoms with Crippen molar-refractivity contribution < 1.29 is 33.3 Å². The topological polar surface area (TPSA) is 155 Å². The van der Waals surface area contributed by atoms with Crippen molar-refractivity contribution in [3.8, 4) is 17.1 Å². The van der Waals surface area contributed by atoms with Gasteiger partial charge >= 0.3 is 0 Å². The Morgan fingerprint density at radius 1 is 0.838 bits per heavy atom. The highest BCUT2D eigenvalue weighted by Crippen LogP contribution is 2.18. The number of carbonyl (C=O) groups excluding carboxylic acids is 3. The maximum atomic E-state index is 11.8. The monoisotopic (exact) mass is 516 g/mol. The number of ether oxygens (including phenoxy) is 4. The highest BCUT2D eigenvalue weighted by atomic mass is 16.6. The van der Waals surface area contributed by atoms with Crippen LogP contribution in [0.3, 0.4) is 0 Å². The van der Waals surface area contributed by atoms with Gasteiger partial charge in [-0.05, 0) is 31.2 Å². The lowest BCUT2D eigenvalue weighted by molar-refractivity contribution is -0.138. The number of benzene rings is 1. The molecule has 1 aromatic carbocycles. The summed E-state index contributed by atoms with van der Waals surface area (Å²) in [6, 6.07) is 7.34. The Morgan fingerprint density at radius 3 is 2.03 bits per heavy atom. The second-order valence-corrected chi connectivity index (χ2v) is 8.02. The first-order chi connectivity index (χ1) is 18.0. The number of likely N-dealkylation sites (tertiary alicyclic amines) is 1. The predicted octanol–water partition coefficient (Wildman–Crippen LogP) is 0.326. The van der Waals surface area contributed by atoms with E-state index in [0.717, 1.165) is 10.5 Å². The molecule has 13 nitrogen and oxygen atoms in total. The third-order valence-corrected chi connectivity index (χ3v) is 5.22. The molecular weight excluding hydrogens is 484 g/mol. The molecule has 0 aliphatic carbocycles. The molecule has 0 saturated carbocycles. The molecular formula is C24H32N6O7. The molecule has 0 unspecified atom stereocenters. The molecule has 200 valence electrons. The molecule has 3 amide bonds. The van der Waals surface area contributed by atoms with E-state index in [0.29, 0.717) is 70.2 Å². The van der Waals surface area contributed by atoms with Crippen molar-refractivity contribution in [3.05, 3.63) is 30.1 Å². The first-order valence-corrected chi connectivity index (χ1v) is 12.1. The lowest BCUT2D eigenvalue weighted by Gasteiger charge is -2.13. The van der Waals surface area contributed by atoms with E-state index in [1.165, 1.54) is 0 Å². The SMILES string of the molecule is Cc1nnc(-c2ccc(OCCOCCOCCOCCNC(=O)CCN3C(=O)CCC3=O)cc2)nn1. The van der Waals surface area contributed by atoms with Gasteiger partial charge in [0.25, 0.3) is 0 Å². The Hall–Kier alpha value is -3.55. The minimum atomic E-state index is -0.225. The number of hydrogen-bond acceptors (Lipinski definition) is 11. The molecule has 1 aromatic heterocycles. The van der Waals surface area contributed by atoms with Crippen LogP contribution >= 0.6 is 0 Å². The Bertz CT molecular complexity index is 988. The molecule has 0 radical (unpaired) electrons. The van der Waals surface area contributed by atoms with Crippen LogP contribution in [0.5, 0.6) is 5.75 Å². The second-order valence-electron chi connectivity index (χ2n) is 8.02. The third-order valence-electron chi connectivity index (χ3n) is 5.22. The summed E-state index contributed by atoms with van der Waals surface area (Å²) in [5, 5.41) is 18.5. The highest BCUT2D eigenvalue weighted by molar-refractivity contribution is 6.02. The van der Waals surface area contributed by atoms with Crippen LogP contribution in [-0.4, -0.2) is 102 Å². The van der Waals surface area contributed by atoms with E-state index in [4.69, 9.17) is 18.9 Å². The summed E-state index contributed by atoms with van der Waals surface area (Å²) in [7, 11) is 0. The summed E-state index contributed by atoms with van der Waals surface area (Å²) in [5.74, 6) is 1.03. The zero-order valence-electron chi connectivity index (χ0n) is 20.9. The van der Waals surface area contributed by atoms with E-state index in [9.17, 15) is 14.4 Å². The van der Waals surface area contributed by atoms with Gasteiger partial charge < -0.3 is 24.3 Å². The van der Waals surface area contributed by atoms with E-state index < -0.39 is 0 Å². The van der Waals surface area contributed by atoms with Gasteiger partial charge in [-0.3, -0.25) is 19.3 Å². The summed E-state index contributed by atoms with van der Waals surface area (Å²) in [5.41, 5.74) is 0.805. The van der Waals surface area contributed by atoms with Crippen LogP contribution in [0.4, 0.5) is 0 Å². The number of rotatable bonds is 17. The molecule has 2 heterocycles. The minimum absolute atomic E-state index is 0.0944. The largest absolute Gasteiger partial charge is 0.491 e. The number of carbonyl (C=O) groups is 3. The summed E-state index contributed by atoms with van der Waals surface area (Å²) in [6.45, 7) is 5.05. The number of amides is 3. The molecule has 1 saturated heterocycles. The number of nitrogens with zero attached hydrogens (tertiary/aromatic N) is 5. The molecule has 1 aliphatic rings. The molecule has 13 heteroatoms. The smallest absolute Gasteiger partial charge is 0.229 e. The average molecular weight is 517 g/mol. The van der Waals surface area contributed by atoms with Crippen LogP contribution in [0.25, 0.3) is 11.4 Å². The van der Waals surface area contributed by atoms with Crippen LogP contribution in [0.15, 0.2) is 24.3 Å². The van der Waals surface area contributed by atoms with Gasteiger partial charge in [-0.1, -0.05) is 0 Å². The average Bonchev–Trinajstić information content (AvgIpc) is 3.23. The Balaban J connectivity index is 1.10. The molecule has 1 aliphatic heterocycles. The van der Waals surface area contributed by atoms with Crippen molar-refractivity contribution in [2.75, 3.05) is 59.3 Å².